The Hall–Kier alpha value is -2.29. The third-order valence-corrected chi connectivity index (χ3v) is 3.91. The van der Waals surface area contributed by atoms with E-state index < -0.39 is 6.10 Å². The van der Waals surface area contributed by atoms with Crippen molar-refractivity contribution in [3.63, 3.8) is 0 Å². The summed E-state index contributed by atoms with van der Waals surface area (Å²) in [4.78, 5) is 0. The van der Waals surface area contributed by atoms with Crippen LogP contribution in [0.4, 0.5) is 0 Å². The minimum Gasteiger partial charge on any atom is -0.384 e. The molecule has 1 aromatic heterocycles. The van der Waals surface area contributed by atoms with Gasteiger partial charge in [-0.1, -0.05) is 60.6 Å². The van der Waals surface area contributed by atoms with E-state index in [1.807, 2.05) is 71.6 Å². The molecule has 0 fully saturated rings. The number of aliphatic hydroxyl groups is 1. The number of rotatable bonds is 4. The minimum atomic E-state index is -0.687. The Kier molecular flexibility index (Phi) is 4.14. The first-order valence-electron chi connectivity index (χ1n) is 7.02. The maximum absolute atomic E-state index is 10.7. The molecule has 1 heterocycles. The molecule has 1 atom stereocenters. The van der Waals surface area contributed by atoms with Crippen molar-refractivity contribution in [2.24, 2.45) is 0 Å². The van der Waals surface area contributed by atoms with E-state index in [2.05, 4.69) is 6.58 Å². The van der Waals surface area contributed by atoms with Gasteiger partial charge in [0.1, 0.15) is 6.10 Å². The predicted octanol–water partition coefficient (Wildman–Crippen LogP) is 4.99. The van der Waals surface area contributed by atoms with Gasteiger partial charge >= 0.3 is 0 Å². The molecule has 0 saturated carbocycles. The van der Waals surface area contributed by atoms with Crippen molar-refractivity contribution < 1.29 is 5.11 Å². The highest BCUT2D eigenvalue weighted by atomic mass is 35.5. The van der Waals surface area contributed by atoms with Crippen LogP contribution in [0.5, 0.6) is 0 Å². The van der Waals surface area contributed by atoms with E-state index in [0.29, 0.717) is 5.02 Å². The molecule has 2 nitrogen and oxygen atoms in total. The predicted molar refractivity (Wildman–Crippen MR) is 91.8 cm³/mol. The number of hydrogen-bond acceptors (Lipinski definition) is 1. The van der Waals surface area contributed by atoms with Crippen molar-refractivity contribution in [2.75, 3.05) is 0 Å². The Morgan fingerprint density at radius 1 is 1.00 bits per heavy atom. The minimum absolute atomic E-state index is 0.687. The molecule has 1 N–H and O–H groups in total. The Bertz CT molecular complexity index is 775. The molecule has 110 valence electrons. The van der Waals surface area contributed by atoms with Gasteiger partial charge in [-0.3, -0.25) is 0 Å². The Morgan fingerprint density at radius 3 is 2.32 bits per heavy atom. The van der Waals surface area contributed by atoms with Gasteiger partial charge in [-0.05, 0) is 23.3 Å². The van der Waals surface area contributed by atoms with E-state index in [1.54, 1.807) is 6.20 Å². The summed E-state index contributed by atoms with van der Waals surface area (Å²) >= 11 is 5.96. The highest BCUT2D eigenvalue weighted by Gasteiger charge is 2.17. The molecular formula is C19H16ClNO. The van der Waals surface area contributed by atoms with Crippen molar-refractivity contribution >= 4 is 17.8 Å². The first-order valence-corrected chi connectivity index (χ1v) is 7.39. The second kappa shape index (κ2) is 6.22. The first-order chi connectivity index (χ1) is 10.7. The Balaban J connectivity index is 2.09. The lowest BCUT2D eigenvalue weighted by molar-refractivity contribution is 0.221. The highest BCUT2D eigenvalue weighted by Crippen LogP contribution is 2.33. The summed E-state index contributed by atoms with van der Waals surface area (Å²) in [5.41, 5.74) is 3.68. The smallest absolute Gasteiger partial charge is 0.106 e. The van der Waals surface area contributed by atoms with Crippen LogP contribution in [0.3, 0.4) is 0 Å². The van der Waals surface area contributed by atoms with Crippen molar-refractivity contribution in [3.05, 3.63) is 89.7 Å². The molecule has 3 aromatic rings. The lowest BCUT2D eigenvalue weighted by Crippen LogP contribution is -1.99. The average molecular weight is 310 g/mol. The third kappa shape index (κ3) is 2.84. The topological polar surface area (TPSA) is 25.2 Å². The van der Waals surface area contributed by atoms with Gasteiger partial charge in [-0.15, -0.1) is 0 Å². The van der Waals surface area contributed by atoms with Crippen molar-refractivity contribution in [1.82, 2.24) is 4.57 Å². The summed E-state index contributed by atoms with van der Waals surface area (Å²) in [7, 11) is 0. The monoisotopic (exact) mass is 309 g/mol. The molecule has 3 heteroatoms. The van der Waals surface area contributed by atoms with Crippen LogP contribution in [0, 0.1) is 0 Å². The standard InChI is InChI=1S/C19H16ClNO/c1-2-21-12-17(14-8-10-16(20)11-9-14)18(13-21)19(22)15-6-4-3-5-7-15/h2-13,19,22H,1H2. The van der Waals surface area contributed by atoms with E-state index >= 15 is 0 Å². The fourth-order valence-corrected chi connectivity index (χ4v) is 2.63. The second-order valence-electron chi connectivity index (χ2n) is 5.08. The van der Waals surface area contributed by atoms with Crippen LogP contribution in [0.1, 0.15) is 17.2 Å². The van der Waals surface area contributed by atoms with Crippen molar-refractivity contribution in [2.45, 2.75) is 6.10 Å². The van der Waals surface area contributed by atoms with Crippen LogP contribution >= 0.6 is 11.6 Å². The van der Waals surface area contributed by atoms with Crippen LogP contribution in [-0.2, 0) is 0 Å². The van der Waals surface area contributed by atoms with Crippen LogP contribution in [0.15, 0.2) is 73.6 Å². The van der Waals surface area contributed by atoms with Gasteiger partial charge in [0.15, 0.2) is 0 Å². The van der Waals surface area contributed by atoms with Crippen LogP contribution in [0.25, 0.3) is 17.3 Å². The zero-order valence-corrected chi connectivity index (χ0v) is 12.7. The van der Waals surface area contributed by atoms with Gasteiger partial charge in [0.2, 0.25) is 0 Å². The fraction of sp³-hybridized carbons (Fsp3) is 0.0526. The Morgan fingerprint density at radius 2 is 1.68 bits per heavy atom. The lowest BCUT2D eigenvalue weighted by Gasteiger charge is -2.12. The average Bonchev–Trinajstić information content (AvgIpc) is 3.00. The number of halogens is 1. The van der Waals surface area contributed by atoms with Gasteiger partial charge in [0.25, 0.3) is 0 Å². The summed E-state index contributed by atoms with van der Waals surface area (Å²) < 4.78 is 1.85. The molecule has 0 saturated heterocycles. The molecule has 0 aliphatic rings. The van der Waals surface area contributed by atoms with Gasteiger partial charge < -0.3 is 9.67 Å². The third-order valence-electron chi connectivity index (χ3n) is 3.65. The molecule has 0 amide bonds. The number of aliphatic hydroxyl groups excluding tert-OH is 1. The number of nitrogens with zero attached hydrogens (tertiary/aromatic N) is 1. The zero-order valence-electron chi connectivity index (χ0n) is 12.0. The van der Waals surface area contributed by atoms with Gasteiger partial charge in [-0.2, -0.15) is 0 Å². The number of hydrogen-bond donors (Lipinski definition) is 1. The lowest BCUT2D eigenvalue weighted by atomic mass is 9.97. The van der Waals surface area contributed by atoms with E-state index in [4.69, 9.17) is 11.6 Å². The van der Waals surface area contributed by atoms with Crippen molar-refractivity contribution in [1.29, 1.82) is 0 Å². The maximum atomic E-state index is 10.7. The summed E-state index contributed by atoms with van der Waals surface area (Å²) in [6, 6.07) is 17.2. The fourth-order valence-electron chi connectivity index (χ4n) is 2.50. The van der Waals surface area contributed by atoms with Gasteiger partial charge in [0, 0.05) is 34.7 Å². The maximum Gasteiger partial charge on any atom is 0.106 e. The summed E-state index contributed by atoms with van der Waals surface area (Å²) in [5.74, 6) is 0. The van der Waals surface area contributed by atoms with Crippen LogP contribution < -0.4 is 0 Å². The van der Waals surface area contributed by atoms with Gasteiger partial charge in [-0.25, -0.2) is 0 Å². The zero-order chi connectivity index (χ0) is 15.5. The molecule has 3 rings (SSSR count). The van der Waals surface area contributed by atoms with Crippen molar-refractivity contribution in [3.8, 4) is 11.1 Å². The molecule has 2 aromatic carbocycles. The normalized spacial score (nSPS) is 12.1. The largest absolute Gasteiger partial charge is 0.384 e. The highest BCUT2D eigenvalue weighted by molar-refractivity contribution is 6.30. The summed E-state index contributed by atoms with van der Waals surface area (Å²) in [5, 5.41) is 11.4. The van der Waals surface area contributed by atoms with Crippen LogP contribution in [-0.4, -0.2) is 9.67 Å². The Labute approximate surface area is 134 Å². The number of aromatic nitrogens is 1. The summed E-state index contributed by atoms with van der Waals surface area (Å²) in [6.45, 7) is 3.79. The van der Waals surface area contributed by atoms with E-state index in [0.717, 1.165) is 22.3 Å². The SMILES string of the molecule is C=Cn1cc(-c2ccc(Cl)cc2)c(C(O)c2ccccc2)c1. The van der Waals surface area contributed by atoms with Gasteiger partial charge in [0.05, 0.1) is 0 Å². The molecule has 0 bridgehead atoms. The molecule has 0 aliphatic heterocycles. The van der Waals surface area contributed by atoms with E-state index in [1.165, 1.54) is 0 Å². The second-order valence-corrected chi connectivity index (χ2v) is 5.51. The molecule has 0 aliphatic carbocycles. The van der Waals surface area contributed by atoms with Crippen LogP contribution in [0.2, 0.25) is 5.02 Å². The summed E-state index contributed by atoms with van der Waals surface area (Å²) in [6.07, 6.45) is 4.88. The molecule has 22 heavy (non-hydrogen) atoms. The van der Waals surface area contributed by atoms with E-state index in [-0.39, 0.29) is 0 Å². The number of benzene rings is 2. The molecule has 1 unspecified atom stereocenters. The molecule has 0 spiro atoms. The quantitative estimate of drug-likeness (QED) is 0.721. The van der Waals surface area contributed by atoms with E-state index in [9.17, 15) is 5.11 Å². The molecule has 0 radical (unpaired) electrons. The first kappa shape index (κ1) is 14.6. The molecular weight excluding hydrogens is 294 g/mol.